The van der Waals surface area contributed by atoms with Gasteiger partial charge in [0.2, 0.25) is 0 Å². The van der Waals surface area contributed by atoms with Gasteiger partial charge in [-0.3, -0.25) is 4.79 Å². The van der Waals surface area contributed by atoms with Gasteiger partial charge in [0.25, 0.3) is 0 Å². The highest BCUT2D eigenvalue weighted by atomic mass is 31.2. The lowest BCUT2D eigenvalue weighted by Gasteiger charge is -2.19. The maximum atomic E-state index is 11.1. The minimum Gasteiger partial charge on any atom is -0.390 e. The van der Waals surface area contributed by atoms with Crippen LogP contribution < -0.4 is 0 Å². The predicted molar refractivity (Wildman–Crippen MR) is 38.1 cm³/mol. The summed E-state index contributed by atoms with van der Waals surface area (Å²) in [5.41, 5.74) is 8.34. The van der Waals surface area contributed by atoms with Gasteiger partial charge in [0.1, 0.15) is 17.0 Å². The Morgan fingerprint density at radius 3 is 2.42 bits per heavy atom. The first kappa shape index (κ1) is 9.19. The van der Waals surface area contributed by atoms with Crippen molar-refractivity contribution in [1.82, 2.24) is 0 Å². The van der Waals surface area contributed by atoms with Crippen LogP contribution in [-0.4, -0.2) is 17.0 Å². The van der Waals surface area contributed by atoms with E-state index in [0.717, 1.165) is 0 Å². The summed E-state index contributed by atoms with van der Waals surface area (Å²) in [4.78, 5) is 11.0. The molecule has 0 atom stereocenters. The van der Waals surface area contributed by atoms with E-state index in [1.54, 1.807) is 13.8 Å². The molecule has 0 aromatic rings. The summed E-state index contributed by atoms with van der Waals surface area (Å²) >= 11 is 0. The average Bonchev–Trinajstić information content (AvgIpc) is 1.83. The molecular formula is C5H9N2O4P. The lowest BCUT2D eigenvalue weighted by atomic mass is 10.1. The second-order valence-electron chi connectivity index (χ2n) is 2.79. The summed E-state index contributed by atoms with van der Waals surface area (Å²) in [5.74, 6) is -0.429. The molecule has 0 bridgehead atoms. The van der Waals surface area contributed by atoms with E-state index in [1.165, 1.54) is 0 Å². The van der Waals surface area contributed by atoms with Crippen molar-refractivity contribution in [3.63, 3.8) is 0 Å². The normalized spacial score (nSPS) is 19.4. The molecule has 0 N–H and O–H groups in total. The highest BCUT2D eigenvalue weighted by molar-refractivity contribution is 7.55. The molecule has 0 aromatic carbocycles. The molecule has 0 aliphatic carbocycles. The lowest BCUT2D eigenvalue weighted by Crippen LogP contribution is -2.25. The van der Waals surface area contributed by atoms with Gasteiger partial charge < -0.3 is 5.53 Å². The Morgan fingerprint density at radius 1 is 1.58 bits per heavy atom. The third kappa shape index (κ3) is 1.82. The molecule has 0 amide bonds. The Labute approximate surface area is 69.4 Å². The van der Waals surface area contributed by atoms with Crippen molar-refractivity contribution < 1.29 is 23.6 Å². The Bertz CT molecular complexity index is 263. The van der Waals surface area contributed by atoms with Crippen LogP contribution >= 0.6 is 7.60 Å². The molecule has 1 aliphatic heterocycles. The van der Waals surface area contributed by atoms with Crippen LogP contribution in [-0.2, 0) is 18.6 Å². The van der Waals surface area contributed by atoms with E-state index in [9.17, 15) is 9.36 Å². The van der Waals surface area contributed by atoms with Gasteiger partial charge in [-0.1, -0.05) is 13.8 Å². The average molecular weight is 192 g/mol. The molecular weight excluding hydrogens is 183 g/mol. The van der Waals surface area contributed by atoms with Crippen molar-refractivity contribution in [3.05, 3.63) is 5.53 Å². The van der Waals surface area contributed by atoms with E-state index < -0.39 is 7.60 Å². The van der Waals surface area contributed by atoms with Gasteiger partial charge in [0.15, 0.2) is 0 Å². The monoisotopic (exact) mass is 192 g/mol. The van der Waals surface area contributed by atoms with E-state index in [4.69, 9.17) is 5.53 Å². The fourth-order valence-electron chi connectivity index (χ4n) is 0.650. The Morgan fingerprint density at radius 2 is 2.08 bits per heavy atom. The summed E-state index contributed by atoms with van der Waals surface area (Å²) in [6.45, 7) is 3.37. The second-order valence-corrected chi connectivity index (χ2v) is 4.66. The number of rotatable bonds is 3. The van der Waals surface area contributed by atoms with Gasteiger partial charge in [-0.15, -0.1) is 9.25 Å². The molecule has 0 spiro atoms. The van der Waals surface area contributed by atoms with Gasteiger partial charge in [0, 0.05) is 5.92 Å². The molecule has 1 saturated heterocycles. The molecule has 1 fully saturated rings. The molecule has 0 unspecified atom stereocenters. The van der Waals surface area contributed by atoms with E-state index in [-0.39, 0.29) is 22.9 Å². The maximum Gasteiger partial charge on any atom is 0.564 e. The molecule has 1 aliphatic rings. The van der Waals surface area contributed by atoms with Crippen LogP contribution in [0.2, 0.25) is 0 Å². The van der Waals surface area contributed by atoms with E-state index >= 15 is 0 Å². The summed E-state index contributed by atoms with van der Waals surface area (Å²) in [6, 6.07) is 0. The highest BCUT2D eigenvalue weighted by Gasteiger charge is 2.50. The van der Waals surface area contributed by atoms with Crippen LogP contribution in [0, 0.1) is 5.92 Å². The van der Waals surface area contributed by atoms with Crippen molar-refractivity contribution >= 4 is 13.4 Å². The first-order valence-electron chi connectivity index (χ1n) is 3.43. The van der Waals surface area contributed by atoms with Crippen LogP contribution in [0.3, 0.4) is 0 Å². The number of Topliss-reactive ketones (excluding diaryl/α,β-unsaturated/α-hetero) is 1. The van der Waals surface area contributed by atoms with Crippen molar-refractivity contribution in [2.24, 2.45) is 5.92 Å². The molecule has 1 rings (SSSR count). The molecule has 12 heavy (non-hydrogen) atoms. The number of ketones is 1. The van der Waals surface area contributed by atoms with E-state index in [1.807, 2.05) is 0 Å². The quantitative estimate of drug-likeness (QED) is 0.631. The van der Waals surface area contributed by atoms with Gasteiger partial charge in [0.05, 0.1) is 0 Å². The molecule has 0 radical (unpaired) electrons. The van der Waals surface area contributed by atoms with Crippen molar-refractivity contribution in [3.8, 4) is 0 Å². The number of nitrogens with zero attached hydrogens (tertiary/aromatic N) is 2. The minimum absolute atomic E-state index is 0.00557. The number of carbonyl (C=O) groups is 1. The minimum atomic E-state index is -3.33. The maximum absolute atomic E-state index is 11.1. The molecule has 0 aromatic heterocycles. The van der Waals surface area contributed by atoms with Crippen LogP contribution in [0.25, 0.3) is 5.53 Å². The van der Waals surface area contributed by atoms with Gasteiger partial charge in [-0.05, 0) is 0 Å². The smallest absolute Gasteiger partial charge is 0.390 e. The first-order valence-corrected chi connectivity index (χ1v) is 5.16. The van der Waals surface area contributed by atoms with Gasteiger partial charge >= 0.3 is 7.60 Å². The van der Waals surface area contributed by atoms with Crippen molar-refractivity contribution in [2.75, 3.05) is 6.16 Å². The summed E-state index contributed by atoms with van der Waals surface area (Å²) in [6.07, 6.45) is -0.290. The van der Waals surface area contributed by atoms with Crippen LogP contribution in [0.5, 0.6) is 0 Å². The third-order valence-electron chi connectivity index (χ3n) is 1.38. The molecule has 6 nitrogen and oxygen atoms in total. The molecule has 68 valence electrons. The largest absolute Gasteiger partial charge is 0.564 e. The van der Waals surface area contributed by atoms with Crippen LogP contribution in [0.15, 0.2) is 0 Å². The zero-order valence-corrected chi connectivity index (χ0v) is 7.65. The fourth-order valence-corrected chi connectivity index (χ4v) is 1.95. The van der Waals surface area contributed by atoms with E-state index in [0.29, 0.717) is 0 Å². The predicted octanol–water partition coefficient (Wildman–Crippen LogP) is 1.32. The van der Waals surface area contributed by atoms with Crippen molar-refractivity contribution in [1.29, 1.82) is 0 Å². The van der Waals surface area contributed by atoms with Crippen LogP contribution in [0.1, 0.15) is 13.8 Å². The summed E-state index contributed by atoms with van der Waals surface area (Å²) in [5, 5.41) is -0.00557. The second kappa shape index (κ2) is 2.86. The Balaban J connectivity index is 2.48. The van der Waals surface area contributed by atoms with E-state index in [2.05, 4.69) is 9.25 Å². The zero-order chi connectivity index (χ0) is 9.35. The van der Waals surface area contributed by atoms with Crippen molar-refractivity contribution in [2.45, 2.75) is 13.8 Å². The standard InChI is InChI=1S/C5H9N2O4P/c1-4(2)5(8)3-12(9)10-7(6)11-12/h4H,3H2,1-2H3. The zero-order valence-electron chi connectivity index (χ0n) is 6.76. The number of hydrogen-bond acceptors (Lipinski definition) is 4. The molecule has 0 saturated carbocycles. The Hall–Kier alpha value is -0.900. The SMILES string of the molecule is CC(C)C(=O)CP1(=O)O[N+](=[N-])O1. The van der Waals surface area contributed by atoms with Gasteiger partial charge in [-0.2, -0.15) is 0 Å². The van der Waals surface area contributed by atoms with Gasteiger partial charge in [-0.25, -0.2) is 4.57 Å². The highest BCUT2D eigenvalue weighted by Crippen LogP contribution is 2.56. The third-order valence-corrected chi connectivity index (χ3v) is 2.86. The molecule has 1 heterocycles. The Kier molecular flexibility index (Phi) is 2.19. The van der Waals surface area contributed by atoms with Crippen LogP contribution in [0.4, 0.5) is 0 Å². The number of carbonyl (C=O) groups excluding carboxylic acids is 1. The summed E-state index contributed by atoms with van der Waals surface area (Å²) < 4.78 is 19.6. The lowest BCUT2D eigenvalue weighted by molar-refractivity contribution is -0.974. The fraction of sp³-hybridized carbons (Fsp3) is 0.800. The summed E-state index contributed by atoms with van der Waals surface area (Å²) in [7, 11) is -3.33. The molecule has 7 heteroatoms. The topological polar surface area (TPSA) is 77.9 Å². The first-order chi connectivity index (χ1) is 5.43. The number of hydrogen-bond donors (Lipinski definition) is 0.